The lowest BCUT2D eigenvalue weighted by atomic mass is 9.79. The highest BCUT2D eigenvalue weighted by Crippen LogP contribution is 2.67. The second kappa shape index (κ2) is 13.2. The fraction of sp³-hybridized carbons (Fsp3) is 0.293. The molecule has 4 aliphatic rings. The highest BCUT2D eigenvalue weighted by molar-refractivity contribution is 6.02. The molecule has 0 fully saturated rings. The Morgan fingerprint density at radius 1 is 0.694 bits per heavy atom. The summed E-state index contributed by atoms with van der Waals surface area (Å²) >= 11 is 0. The summed E-state index contributed by atoms with van der Waals surface area (Å²) in [6.07, 6.45) is -1.65. The Kier molecular flexibility index (Phi) is 4.74. The van der Waals surface area contributed by atoms with Crippen molar-refractivity contribution in [3.05, 3.63) is 172 Å². The Bertz CT molecular complexity index is 3870. The Morgan fingerprint density at radius 2 is 1.44 bits per heavy atom. The highest BCUT2D eigenvalue weighted by Gasteiger charge is 2.70. The van der Waals surface area contributed by atoms with Crippen LogP contribution in [-0.4, -0.2) is 0 Å². The molecule has 0 aliphatic carbocycles. The van der Waals surface area contributed by atoms with Gasteiger partial charge in [-0.2, -0.15) is 0 Å². The predicted molar refractivity (Wildman–Crippen MR) is 257 cm³/mol. The summed E-state index contributed by atoms with van der Waals surface area (Å²) < 4.78 is 197. The molecule has 4 aliphatic heterocycles. The van der Waals surface area contributed by atoms with E-state index in [9.17, 15) is 13.7 Å². The lowest BCUT2D eigenvalue weighted by Crippen LogP contribution is -2.71. The Balaban J connectivity index is 1.22. The quantitative estimate of drug-likeness (QED) is 0.161. The van der Waals surface area contributed by atoms with Crippen molar-refractivity contribution < 1.29 is 38.1 Å². The van der Waals surface area contributed by atoms with Crippen molar-refractivity contribution in [1.82, 2.24) is 0 Å². The number of fused-ring (bicyclic) bond motifs is 5. The molecule has 62 heavy (non-hydrogen) atoms. The Hall–Kier alpha value is -6.13. The zero-order valence-electron chi connectivity index (χ0n) is 56.5. The smallest absolute Gasteiger partial charge is 0.410 e. The van der Waals surface area contributed by atoms with Gasteiger partial charge in [0, 0.05) is 53.7 Å². The molecule has 0 radical (unpaired) electrons. The molecule has 0 saturated carbocycles. The number of rotatable bonds is 5. The molecule has 6 aromatic carbocycles. The van der Waals surface area contributed by atoms with Crippen molar-refractivity contribution in [1.29, 1.82) is 0 Å². The zero-order chi connectivity index (χ0) is 61.1. The van der Waals surface area contributed by atoms with E-state index in [1.807, 2.05) is 97.3 Å². The first-order chi connectivity index (χ1) is 38.0. The number of aryl methyl sites for hydroxylation is 1. The minimum atomic E-state index is -3.96. The SMILES string of the molecule is [2H]c1c([2H])c(C(C([2H])([2H])[2H])(C([2H])([2H])[2H])C([2H])([2H])[2H])c([2H])c([2H])c1-c1c([2H])c([2H])[n+]2c(c1[2H])-c1cc(C(C)(C)C)cc3c1C21Oc2ccccc2C2N(c4ccc(-c5cc(C([2H])(C)C)cc(C([2H])(C)C)c5)cc4C([2H])([2H])[2H])c4cccc-3c4N21. The van der Waals surface area contributed by atoms with Gasteiger partial charge in [-0.3, -0.25) is 0 Å². The van der Waals surface area contributed by atoms with Crippen molar-refractivity contribution in [2.75, 3.05) is 9.80 Å². The van der Waals surface area contributed by atoms with E-state index < -0.39 is 121 Å². The topological polar surface area (TPSA) is 19.6 Å². The number of hydrogen-bond donors (Lipinski definition) is 0. The average Bonchev–Trinajstić information content (AvgIpc) is 4.01. The third-order valence-corrected chi connectivity index (χ3v) is 12.6. The third kappa shape index (κ3) is 5.47. The molecule has 11 rings (SSSR count). The maximum Gasteiger partial charge on any atom is 0.432 e. The number of ether oxygens (including phenoxy) is 1. The summed E-state index contributed by atoms with van der Waals surface area (Å²) in [4.78, 5) is 3.83. The van der Waals surface area contributed by atoms with Gasteiger partial charge in [0.15, 0.2) is 6.17 Å². The lowest BCUT2D eigenvalue weighted by molar-refractivity contribution is -0.774. The average molecular weight is 834 g/mol. The van der Waals surface area contributed by atoms with Crippen molar-refractivity contribution in [2.45, 2.75) is 111 Å². The minimum Gasteiger partial charge on any atom is -0.410 e. The van der Waals surface area contributed by atoms with Crippen LogP contribution in [0.15, 0.2) is 133 Å². The monoisotopic (exact) mass is 834 g/mol. The minimum absolute atomic E-state index is 0.0344. The van der Waals surface area contributed by atoms with Gasteiger partial charge in [0.25, 0.3) is 0 Å². The van der Waals surface area contributed by atoms with E-state index >= 15 is 0 Å². The van der Waals surface area contributed by atoms with E-state index in [1.165, 1.54) is 4.57 Å². The summed E-state index contributed by atoms with van der Waals surface area (Å²) in [6.45, 7) is -1.71. The van der Waals surface area contributed by atoms with E-state index in [0.29, 0.717) is 61.4 Å². The first-order valence-electron chi connectivity index (χ1n) is 31.2. The summed E-state index contributed by atoms with van der Waals surface area (Å²) in [7, 11) is 0. The normalized spacial score (nSPS) is 23.9. The van der Waals surface area contributed by atoms with Gasteiger partial charge in [0.2, 0.25) is 5.69 Å². The number of para-hydroxylation sites is 2. The first kappa shape index (κ1) is 22.3. The molecule has 0 bridgehead atoms. The van der Waals surface area contributed by atoms with Crippen LogP contribution in [0.1, 0.15) is 155 Å². The number of anilines is 3. The first-order valence-corrected chi connectivity index (χ1v) is 20.7. The fourth-order valence-corrected chi connectivity index (χ4v) is 9.51. The largest absolute Gasteiger partial charge is 0.432 e. The number of nitrogens with zero attached hydrogens (tertiary/aromatic N) is 3. The maximum atomic E-state index is 10.3. The molecule has 310 valence electrons. The third-order valence-electron chi connectivity index (χ3n) is 12.6. The van der Waals surface area contributed by atoms with Gasteiger partial charge in [-0.1, -0.05) is 148 Å². The van der Waals surface area contributed by atoms with Crippen LogP contribution in [0, 0.1) is 6.85 Å². The van der Waals surface area contributed by atoms with Gasteiger partial charge in [0.1, 0.15) is 18.8 Å². The van der Waals surface area contributed by atoms with Gasteiger partial charge in [-0.05, 0) is 116 Å². The second-order valence-corrected chi connectivity index (χ2v) is 18.2. The standard InChI is InChI=1S/C58H58N3O/c1-34(2)40-28-41(35(3)4)30-42(29-40)38-21-24-49(36(5)27-38)60-50-17-14-16-45-47-32-44(57(9,10)11)33-48-51-31-39(37-19-22-43(23-20-37)56(6,7)8)25-26-59(51)58(53(47)48)61(54(45)50)55(60)46-15-12-13-18-52(46)62-58/h12-35,55H,1-11H3/q+1/i5D3,6D3,7D3,8D3,19D,20D,22D,23D,25D,26D,31D,34D,35D. The summed E-state index contributed by atoms with van der Waals surface area (Å²) in [5, 5.41) is 0. The number of benzene rings is 6. The van der Waals surface area contributed by atoms with Crippen LogP contribution in [0.5, 0.6) is 5.75 Å². The zero-order valence-corrected chi connectivity index (χ0v) is 35.5. The van der Waals surface area contributed by atoms with Crippen molar-refractivity contribution in [3.8, 4) is 50.4 Å². The molecule has 1 aromatic heterocycles. The molecule has 5 heterocycles. The molecule has 2 atom stereocenters. The maximum absolute atomic E-state index is 10.3. The molecule has 0 saturated heterocycles. The number of aromatic nitrogens is 1. The van der Waals surface area contributed by atoms with Crippen molar-refractivity contribution in [3.63, 3.8) is 0 Å². The number of pyridine rings is 1. The van der Waals surface area contributed by atoms with E-state index in [4.69, 9.17) is 19.8 Å². The molecule has 1 spiro atoms. The van der Waals surface area contributed by atoms with Gasteiger partial charge in [0.05, 0.1) is 25.2 Å². The van der Waals surface area contributed by atoms with E-state index in [-0.39, 0.29) is 22.7 Å². The van der Waals surface area contributed by atoms with E-state index in [2.05, 4.69) is 0 Å². The molecule has 0 amide bonds. The summed E-state index contributed by atoms with van der Waals surface area (Å²) in [5.41, 5.74) is -0.385. The van der Waals surface area contributed by atoms with Crippen LogP contribution in [0.25, 0.3) is 44.6 Å². The second-order valence-electron chi connectivity index (χ2n) is 18.2. The van der Waals surface area contributed by atoms with Gasteiger partial charge < -0.3 is 9.64 Å². The lowest BCUT2D eigenvalue weighted by Gasteiger charge is -2.47. The summed E-state index contributed by atoms with van der Waals surface area (Å²) in [5.74, 6) is -3.86. The van der Waals surface area contributed by atoms with Crippen LogP contribution in [0.4, 0.5) is 17.1 Å². The number of hydrogen-bond acceptors (Lipinski definition) is 3. The molecule has 0 N–H and O–H groups in total. The molecule has 4 nitrogen and oxygen atoms in total. The molecule has 4 heteroatoms. The van der Waals surface area contributed by atoms with Crippen molar-refractivity contribution >= 4 is 17.1 Å². The fourth-order valence-electron chi connectivity index (χ4n) is 9.51. The predicted octanol–water partition coefficient (Wildman–Crippen LogP) is 14.8. The Labute approximate surface area is 398 Å². The van der Waals surface area contributed by atoms with Crippen LogP contribution < -0.4 is 19.1 Å². The summed E-state index contributed by atoms with van der Waals surface area (Å²) in [6, 6.07) is 20.9. The van der Waals surface area contributed by atoms with Gasteiger partial charge in [-0.15, -0.1) is 4.57 Å². The highest BCUT2D eigenvalue weighted by atomic mass is 16.5. The van der Waals surface area contributed by atoms with Crippen molar-refractivity contribution in [2.24, 2.45) is 0 Å². The molecule has 2 unspecified atom stereocenters. The van der Waals surface area contributed by atoms with Gasteiger partial charge >= 0.3 is 5.85 Å². The molecule has 7 aromatic rings. The van der Waals surface area contributed by atoms with Crippen LogP contribution in [0.3, 0.4) is 0 Å². The molecular formula is C58H58N3O+. The Morgan fingerprint density at radius 3 is 2.15 bits per heavy atom. The van der Waals surface area contributed by atoms with E-state index in [1.54, 1.807) is 52.0 Å². The van der Waals surface area contributed by atoms with Crippen LogP contribution in [0.2, 0.25) is 0 Å². The molecular weight excluding hydrogens is 755 g/mol. The van der Waals surface area contributed by atoms with E-state index in [0.717, 1.165) is 5.56 Å². The van der Waals surface area contributed by atoms with Crippen LogP contribution >= 0.6 is 0 Å². The van der Waals surface area contributed by atoms with Gasteiger partial charge in [-0.25, -0.2) is 4.90 Å². The van der Waals surface area contributed by atoms with Crippen LogP contribution in [-0.2, 0) is 16.7 Å².